The quantitative estimate of drug-likeness (QED) is 0.310. The largest absolute Gasteiger partial charge is 0.366 e. The van der Waals surface area contributed by atoms with E-state index in [1.165, 1.54) is 30.5 Å². The van der Waals surface area contributed by atoms with Crippen LogP contribution >= 0.6 is 0 Å². The first-order valence-corrected chi connectivity index (χ1v) is 13.8. The first-order chi connectivity index (χ1) is 20.2. The van der Waals surface area contributed by atoms with Crippen LogP contribution in [0, 0.1) is 17.5 Å². The summed E-state index contributed by atoms with van der Waals surface area (Å²) in [4.78, 5) is 42.9. The third-order valence-corrected chi connectivity index (χ3v) is 7.54. The fourth-order valence-electron chi connectivity index (χ4n) is 5.69. The van der Waals surface area contributed by atoms with Crippen molar-refractivity contribution < 1.29 is 22.8 Å². The van der Waals surface area contributed by atoms with Crippen molar-refractivity contribution in [2.75, 3.05) is 0 Å². The molecular weight excluding hydrogens is 547 g/mol. The predicted molar refractivity (Wildman–Crippen MR) is 150 cm³/mol. The van der Waals surface area contributed by atoms with Gasteiger partial charge in [0.2, 0.25) is 5.91 Å². The third-order valence-electron chi connectivity index (χ3n) is 7.54. The normalized spacial score (nSPS) is 13.4. The zero-order chi connectivity index (χ0) is 30.0. The van der Waals surface area contributed by atoms with Crippen molar-refractivity contribution in [2.24, 2.45) is 5.73 Å². The lowest BCUT2D eigenvalue weighted by Crippen LogP contribution is -2.36. The van der Waals surface area contributed by atoms with Gasteiger partial charge in [-0.05, 0) is 80.5 Å². The number of nitrogens with zero attached hydrogens (tertiary/aromatic N) is 3. The van der Waals surface area contributed by atoms with E-state index in [4.69, 9.17) is 5.73 Å². The van der Waals surface area contributed by atoms with Gasteiger partial charge in [0.15, 0.2) is 0 Å². The van der Waals surface area contributed by atoms with Gasteiger partial charge >= 0.3 is 0 Å². The molecule has 3 N–H and O–H groups in total. The van der Waals surface area contributed by atoms with E-state index < -0.39 is 35.3 Å². The summed E-state index contributed by atoms with van der Waals surface area (Å²) >= 11 is 0. The minimum absolute atomic E-state index is 0.0291. The molecule has 0 radical (unpaired) electrons. The van der Waals surface area contributed by atoms with Crippen LogP contribution in [0.1, 0.15) is 58.7 Å². The van der Waals surface area contributed by atoms with Crippen LogP contribution in [-0.2, 0) is 37.1 Å². The number of fused-ring (bicyclic) bond motifs is 1. The van der Waals surface area contributed by atoms with Crippen LogP contribution in [0.4, 0.5) is 13.2 Å². The second kappa shape index (κ2) is 12.1. The number of rotatable bonds is 9. The van der Waals surface area contributed by atoms with Crippen molar-refractivity contribution in [3.8, 4) is 11.1 Å². The van der Waals surface area contributed by atoms with E-state index in [1.54, 1.807) is 21.5 Å². The number of nitrogens with two attached hydrogens (primary N) is 1. The molecule has 218 valence electrons. The molecule has 42 heavy (non-hydrogen) atoms. The SMILES string of the molecule is CCn1c(=O)c2c(n1CC(=O)NC(Cc1cc(F)cc(F)c1)c1ncccc1-c1ccc(F)c(C(N)=O)c1)CCCC2. The minimum Gasteiger partial charge on any atom is -0.366 e. The molecule has 2 amide bonds. The average molecular weight is 578 g/mol. The fourth-order valence-corrected chi connectivity index (χ4v) is 5.69. The van der Waals surface area contributed by atoms with Gasteiger partial charge in [-0.25, -0.2) is 13.2 Å². The number of carbonyl (C=O) groups is 2. The minimum atomic E-state index is -0.947. The highest BCUT2D eigenvalue weighted by Gasteiger charge is 2.26. The molecular formula is C31H30F3N5O3. The maximum absolute atomic E-state index is 14.2. The lowest BCUT2D eigenvalue weighted by atomic mass is 9.94. The molecule has 1 unspecified atom stereocenters. The standard InChI is InChI=1S/C31H30F3N5O3/c1-2-38-31(42)23-6-3-4-8-27(23)39(38)17-28(40)37-26(14-18-12-20(32)16-21(33)13-18)29-22(7-5-11-36-29)19-9-10-25(34)24(15-19)30(35)41/h5,7,9-13,15-16,26H,2-4,6,8,14,17H2,1H3,(H2,35,41)(H,37,40). The van der Waals surface area contributed by atoms with Crippen LogP contribution < -0.4 is 16.6 Å². The van der Waals surface area contributed by atoms with E-state index in [9.17, 15) is 27.6 Å². The summed E-state index contributed by atoms with van der Waals surface area (Å²) in [5.41, 5.74) is 8.00. The lowest BCUT2D eigenvalue weighted by molar-refractivity contribution is -0.122. The molecule has 0 spiro atoms. The molecule has 4 aromatic rings. The van der Waals surface area contributed by atoms with E-state index in [2.05, 4.69) is 10.3 Å². The van der Waals surface area contributed by atoms with Crippen LogP contribution in [0.25, 0.3) is 11.1 Å². The molecule has 1 aliphatic carbocycles. The molecule has 1 aliphatic rings. The summed E-state index contributed by atoms with van der Waals surface area (Å²) in [6.45, 7) is 2.09. The van der Waals surface area contributed by atoms with E-state index in [-0.39, 0.29) is 29.7 Å². The van der Waals surface area contributed by atoms with Crippen LogP contribution in [0.5, 0.6) is 0 Å². The molecule has 5 rings (SSSR count). The van der Waals surface area contributed by atoms with Gasteiger partial charge in [-0.15, -0.1) is 0 Å². The maximum Gasteiger partial charge on any atom is 0.270 e. The number of benzene rings is 2. The Morgan fingerprint density at radius 2 is 1.76 bits per heavy atom. The number of hydrogen-bond acceptors (Lipinski definition) is 4. The zero-order valence-corrected chi connectivity index (χ0v) is 23.0. The molecule has 11 heteroatoms. The van der Waals surface area contributed by atoms with Gasteiger partial charge < -0.3 is 11.1 Å². The first kappa shape index (κ1) is 28.8. The van der Waals surface area contributed by atoms with Gasteiger partial charge in [0, 0.05) is 35.6 Å². The third kappa shape index (κ3) is 5.86. The lowest BCUT2D eigenvalue weighted by Gasteiger charge is -2.23. The molecule has 0 bridgehead atoms. The van der Waals surface area contributed by atoms with Gasteiger partial charge in [-0.3, -0.25) is 28.7 Å². The van der Waals surface area contributed by atoms with Crippen molar-refractivity contribution >= 4 is 11.8 Å². The highest BCUT2D eigenvalue weighted by Crippen LogP contribution is 2.30. The number of halogens is 3. The number of primary amides is 1. The van der Waals surface area contributed by atoms with Crippen molar-refractivity contribution in [3.63, 3.8) is 0 Å². The van der Waals surface area contributed by atoms with E-state index in [0.717, 1.165) is 36.2 Å². The van der Waals surface area contributed by atoms with Crippen LogP contribution in [-0.4, -0.2) is 26.2 Å². The molecule has 0 saturated heterocycles. The summed E-state index contributed by atoms with van der Waals surface area (Å²) < 4.78 is 45.8. The number of nitrogens with one attached hydrogen (secondary N) is 1. The van der Waals surface area contributed by atoms with Crippen molar-refractivity contribution in [3.05, 3.63) is 111 Å². The summed E-state index contributed by atoms with van der Waals surface area (Å²) in [5.74, 6) is -3.71. The zero-order valence-electron chi connectivity index (χ0n) is 23.0. The Hall–Kier alpha value is -4.67. The number of pyridine rings is 1. The molecule has 0 aliphatic heterocycles. The first-order valence-electron chi connectivity index (χ1n) is 13.8. The Morgan fingerprint density at radius 1 is 1.02 bits per heavy atom. The Balaban J connectivity index is 1.54. The van der Waals surface area contributed by atoms with Crippen molar-refractivity contribution in [1.82, 2.24) is 19.7 Å². The number of hydrogen-bond donors (Lipinski definition) is 2. The highest BCUT2D eigenvalue weighted by molar-refractivity contribution is 5.94. The summed E-state index contributed by atoms with van der Waals surface area (Å²) in [7, 11) is 0. The van der Waals surface area contributed by atoms with Gasteiger partial charge in [0.25, 0.3) is 11.5 Å². The van der Waals surface area contributed by atoms with Gasteiger partial charge in [0.05, 0.1) is 17.3 Å². The van der Waals surface area contributed by atoms with E-state index >= 15 is 0 Å². The predicted octanol–water partition coefficient (Wildman–Crippen LogP) is 4.23. The second-order valence-electron chi connectivity index (χ2n) is 10.3. The Labute approximate surface area is 240 Å². The van der Waals surface area contributed by atoms with Crippen molar-refractivity contribution in [1.29, 1.82) is 0 Å². The summed E-state index contributed by atoms with van der Waals surface area (Å²) in [5, 5.41) is 2.95. The van der Waals surface area contributed by atoms with E-state index in [0.29, 0.717) is 36.2 Å². The van der Waals surface area contributed by atoms with E-state index in [1.807, 2.05) is 6.92 Å². The molecule has 0 fully saturated rings. The summed E-state index contributed by atoms with van der Waals surface area (Å²) in [6.07, 6.45) is 4.65. The molecule has 0 saturated carbocycles. The highest BCUT2D eigenvalue weighted by atomic mass is 19.1. The van der Waals surface area contributed by atoms with Gasteiger partial charge in [-0.2, -0.15) is 0 Å². The molecule has 2 aromatic carbocycles. The topological polar surface area (TPSA) is 112 Å². The Bertz CT molecular complexity index is 1710. The second-order valence-corrected chi connectivity index (χ2v) is 10.3. The number of aromatic nitrogens is 3. The van der Waals surface area contributed by atoms with Crippen molar-refractivity contribution in [2.45, 2.75) is 58.2 Å². The summed E-state index contributed by atoms with van der Waals surface area (Å²) in [6, 6.07) is 9.40. The maximum atomic E-state index is 14.2. The van der Waals surface area contributed by atoms with Crippen LogP contribution in [0.3, 0.4) is 0 Å². The van der Waals surface area contributed by atoms with Gasteiger partial charge in [-0.1, -0.05) is 12.1 Å². The molecule has 2 aromatic heterocycles. The number of amides is 2. The monoisotopic (exact) mass is 577 g/mol. The molecule has 8 nitrogen and oxygen atoms in total. The number of carbonyl (C=O) groups excluding carboxylic acids is 2. The molecule has 1 atom stereocenters. The Kier molecular flexibility index (Phi) is 8.28. The fraction of sp³-hybridized carbons (Fsp3) is 0.290. The van der Waals surface area contributed by atoms with Crippen LogP contribution in [0.2, 0.25) is 0 Å². The van der Waals surface area contributed by atoms with Gasteiger partial charge in [0.1, 0.15) is 24.0 Å². The average Bonchev–Trinajstić information content (AvgIpc) is 3.22. The molecule has 2 heterocycles. The Morgan fingerprint density at radius 3 is 2.48 bits per heavy atom. The van der Waals surface area contributed by atoms with Crippen LogP contribution in [0.15, 0.2) is 59.5 Å². The smallest absolute Gasteiger partial charge is 0.270 e.